The van der Waals surface area contributed by atoms with Crippen LogP contribution in [0.25, 0.3) is 0 Å². The maximum Gasteiger partial charge on any atom is 0.0236 e. The summed E-state index contributed by atoms with van der Waals surface area (Å²) in [5.41, 5.74) is 1.95. The SMILES string of the molecule is CC1(C)CCN(Cc2ccccc2)C2CCNCC21. The Balaban J connectivity index is 1.75. The minimum atomic E-state index is 0.491. The van der Waals surface area contributed by atoms with Gasteiger partial charge in [-0.3, -0.25) is 4.90 Å². The second-order valence-electron chi connectivity index (χ2n) is 6.86. The van der Waals surface area contributed by atoms with Gasteiger partial charge in [-0.05, 0) is 49.4 Å². The maximum absolute atomic E-state index is 3.60. The molecule has 0 aliphatic carbocycles. The van der Waals surface area contributed by atoms with Crippen LogP contribution in [0.15, 0.2) is 30.3 Å². The molecule has 1 aromatic carbocycles. The Kier molecular flexibility index (Phi) is 3.64. The van der Waals surface area contributed by atoms with Crippen LogP contribution in [0.3, 0.4) is 0 Å². The van der Waals surface area contributed by atoms with Gasteiger partial charge in [-0.1, -0.05) is 44.2 Å². The topological polar surface area (TPSA) is 15.3 Å². The van der Waals surface area contributed by atoms with Crippen molar-refractivity contribution in [1.29, 1.82) is 0 Å². The Bertz CT molecular complexity index is 413. The summed E-state index contributed by atoms with van der Waals surface area (Å²) in [7, 11) is 0. The van der Waals surface area contributed by atoms with Crippen molar-refractivity contribution in [3.8, 4) is 0 Å². The molecule has 0 aromatic heterocycles. The molecule has 104 valence electrons. The highest BCUT2D eigenvalue weighted by molar-refractivity contribution is 5.15. The molecule has 2 heterocycles. The molecule has 19 heavy (non-hydrogen) atoms. The highest BCUT2D eigenvalue weighted by Gasteiger charge is 2.43. The largest absolute Gasteiger partial charge is 0.316 e. The number of nitrogens with one attached hydrogen (secondary N) is 1. The third kappa shape index (κ3) is 2.70. The van der Waals surface area contributed by atoms with Gasteiger partial charge in [0, 0.05) is 12.6 Å². The van der Waals surface area contributed by atoms with Crippen LogP contribution in [0.1, 0.15) is 32.3 Å². The van der Waals surface area contributed by atoms with Crippen molar-refractivity contribution in [2.24, 2.45) is 11.3 Å². The first-order valence-electron chi connectivity index (χ1n) is 7.65. The van der Waals surface area contributed by atoms with Crippen LogP contribution in [0.4, 0.5) is 0 Å². The van der Waals surface area contributed by atoms with Gasteiger partial charge in [0.2, 0.25) is 0 Å². The molecule has 2 unspecified atom stereocenters. The van der Waals surface area contributed by atoms with Crippen molar-refractivity contribution < 1.29 is 0 Å². The van der Waals surface area contributed by atoms with E-state index in [0.717, 1.165) is 18.5 Å². The number of hydrogen-bond donors (Lipinski definition) is 1. The minimum Gasteiger partial charge on any atom is -0.316 e. The molecule has 0 saturated carbocycles. The van der Waals surface area contributed by atoms with Gasteiger partial charge in [-0.2, -0.15) is 0 Å². The molecule has 0 bridgehead atoms. The molecule has 2 fully saturated rings. The summed E-state index contributed by atoms with van der Waals surface area (Å²) in [6.07, 6.45) is 2.63. The zero-order valence-corrected chi connectivity index (χ0v) is 12.2. The average molecular weight is 258 g/mol. The van der Waals surface area contributed by atoms with Gasteiger partial charge < -0.3 is 5.32 Å². The normalized spacial score (nSPS) is 30.8. The molecule has 2 atom stereocenters. The van der Waals surface area contributed by atoms with E-state index in [9.17, 15) is 0 Å². The van der Waals surface area contributed by atoms with Crippen molar-refractivity contribution in [3.05, 3.63) is 35.9 Å². The molecule has 2 nitrogen and oxygen atoms in total. The summed E-state index contributed by atoms with van der Waals surface area (Å²) < 4.78 is 0. The Labute approximate surface area is 117 Å². The van der Waals surface area contributed by atoms with E-state index < -0.39 is 0 Å². The molecule has 0 radical (unpaired) electrons. The first-order valence-corrected chi connectivity index (χ1v) is 7.65. The number of nitrogens with zero attached hydrogens (tertiary/aromatic N) is 1. The molecule has 1 N–H and O–H groups in total. The smallest absolute Gasteiger partial charge is 0.0236 e. The second kappa shape index (κ2) is 5.26. The number of likely N-dealkylation sites (tertiary alicyclic amines) is 1. The number of fused-ring (bicyclic) bond motifs is 1. The van der Waals surface area contributed by atoms with E-state index in [2.05, 4.69) is 54.4 Å². The van der Waals surface area contributed by atoms with Crippen molar-refractivity contribution in [1.82, 2.24) is 10.2 Å². The fraction of sp³-hybridized carbons (Fsp3) is 0.647. The predicted octanol–water partition coefficient (Wildman–Crippen LogP) is 2.90. The van der Waals surface area contributed by atoms with Crippen LogP contribution in [0, 0.1) is 11.3 Å². The quantitative estimate of drug-likeness (QED) is 0.877. The zero-order valence-electron chi connectivity index (χ0n) is 12.2. The molecular formula is C17H26N2. The van der Waals surface area contributed by atoms with E-state index in [1.54, 1.807) is 0 Å². The highest BCUT2D eigenvalue weighted by atomic mass is 15.2. The Morgan fingerprint density at radius 1 is 1.26 bits per heavy atom. The lowest BCUT2D eigenvalue weighted by atomic mass is 9.67. The third-order valence-corrected chi connectivity index (χ3v) is 5.19. The molecule has 2 aliphatic heterocycles. The second-order valence-corrected chi connectivity index (χ2v) is 6.86. The monoisotopic (exact) mass is 258 g/mol. The lowest BCUT2D eigenvalue weighted by molar-refractivity contribution is -0.0197. The molecule has 1 aromatic rings. The summed E-state index contributed by atoms with van der Waals surface area (Å²) in [4.78, 5) is 2.73. The van der Waals surface area contributed by atoms with Crippen molar-refractivity contribution >= 4 is 0 Å². The number of rotatable bonds is 2. The van der Waals surface area contributed by atoms with Gasteiger partial charge in [-0.15, -0.1) is 0 Å². The van der Waals surface area contributed by atoms with E-state index in [1.165, 1.54) is 38.0 Å². The van der Waals surface area contributed by atoms with Crippen LogP contribution in [-0.2, 0) is 6.54 Å². The molecule has 2 heteroatoms. The predicted molar refractivity (Wildman–Crippen MR) is 80.0 cm³/mol. The van der Waals surface area contributed by atoms with E-state index in [0.29, 0.717) is 5.41 Å². The summed E-state index contributed by atoms with van der Waals surface area (Å²) in [6.45, 7) is 9.67. The third-order valence-electron chi connectivity index (χ3n) is 5.19. The van der Waals surface area contributed by atoms with Crippen molar-refractivity contribution in [2.45, 2.75) is 39.3 Å². The van der Waals surface area contributed by atoms with Gasteiger partial charge in [0.15, 0.2) is 0 Å². The van der Waals surface area contributed by atoms with Crippen LogP contribution >= 0.6 is 0 Å². The number of piperidine rings is 2. The first kappa shape index (κ1) is 13.1. The number of benzene rings is 1. The molecule has 2 saturated heterocycles. The molecule has 0 amide bonds. The Morgan fingerprint density at radius 3 is 2.84 bits per heavy atom. The average Bonchev–Trinajstić information content (AvgIpc) is 2.44. The fourth-order valence-electron chi connectivity index (χ4n) is 3.88. The molecule has 2 aliphatic rings. The minimum absolute atomic E-state index is 0.491. The van der Waals surface area contributed by atoms with E-state index in [4.69, 9.17) is 0 Å². The standard InChI is InChI=1S/C17H26N2/c1-17(2)9-11-19(13-14-6-4-3-5-7-14)16-8-10-18-12-15(16)17/h3-7,15-16,18H,8-13H2,1-2H3. The summed E-state index contributed by atoms with van der Waals surface area (Å²) in [5.74, 6) is 0.804. The number of hydrogen-bond acceptors (Lipinski definition) is 2. The van der Waals surface area contributed by atoms with Crippen LogP contribution in [-0.4, -0.2) is 30.6 Å². The summed E-state index contributed by atoms with van der Waals surface area (Å²) in [5, 5.41) is 3.60. The molecule has 3 rings (SSSR count). The van der Waals surface area contributed by atoms with Gasteiger partial charge in [0.25, 0.3) is 0 Å². The van der Waals surface area contributed by atoms with Gasteiger partial charge in [-0.25, -0.2) is 0 Å². The highest BCUT2D eigenvalue weighted by Crippen LogP contribution is 2.41. The lowest BCUT2D eigenvalue weighted by Crippen LogP contribution is -2.58. The maximum atomic E-state index is 3.60. The summed E-state index contributed by atoms with van der Waals surface area (Å²) >= 11 is 0. The van der Waals surface area contributed by atoms with E-state index in [1.807, 2.05) is 0 Å². The van der Waals surface area contributed by atoms with Gasteiger partial charge in [0.1, 0.15) is 0 Å². The van der Waals surface area contributed by atoms with Crippen LogP contribution in [0.2, 0.25) is 0 Å². The Morgan fingerprint density at radius 2 is 2.05 bits per heavy atom. The first-order chi connectivity index (χ1) is 9.17. The molecule has 0 spiro atoms. The van der Waals surface area contributed by atoms with E-state index in [-0.39, 0.29) is 0 Å². The Hall–Kier alpha value is -0.860. The zero-order chi connectivity index (χ0) is 13.3. The van der Waals surface area contributed by atoms with Crippen molar-refractivity contribution in [2.75, 3.05) is 19.6 Å². The van der Waals surface area contributed by atoms with Gasteiger partial charge in [0.05, 0.1) is 0 Å². The van der Waals surface area contributed by atoms with Crippen LogP contribution in [0.5, 0.6) is 0 Å². The summed E-state index contributed by atoms with van der Waals surface area (Å²) in [6, 6.07) is 11.7. The molecular weight excluding hydrogens is 232 g/mol. The van der Waals surface area contributed by atoms with E-state index >= 15 is 0 Å². The van der Waals surface area contributed by atoms with Gasteiger partial charge >= 0.3 is 0 Å². The lowest BCUT2D eigenvalue weighted by Gasteiger charge is -2.52. The van der Waals surface area contributed by atoms with Crippen LogP contribution < -0.4 is 5.32 Å². The van der Waals surface area contributed by atoms with Crippen molar-refractivity contribution in [3.63, 3.8) is 0 Å². The fourth-order valence-corrected chi connectivity index (χ4v) is 3.88.